The Hall–Kier alpha value is -1.78. The average molecular weight is 832 g/mol. The minimum atomic E-state index is -4.71. The fourth-order valence-corrected chi connectivity index (χ4v) is 7.37. The normalized spacial score (nSPS) is 13.8. The van der Waals surface area contributed by atoms with Crippen molar-refractivity contribution in [3.05, 3.63) is 12.2 Å². The van der Waals surface area contributed by atoms with E-state index in [1.54, 1.807) is 0 Å². The molecule has 0 radical (unpaired) electrons. The number of carbonyl (C=O) groups is 3. The van der Waals surface area contributed by atoms with Crippen LogP contribution in [0.15, 0.2) is 12.2 Å². The zero-order valence-electron chi connectivity index (χ0n) is 36.5. The molecule has 0 amide bonds. The van der Waals surface area contributed by atoms with Crippen molar-refractivity contribution < 1.29 is 47.5 Å². The van der Waals surface area contributed by atoms with E-state index in [-0.39, 0.29) is 19.4 Å². The molecule has 0 heterocycles. The number of hydrogen-bond donors (Lipinski definition) is 3. The van der Waals surface area contributed by atoms with E-state index in [4.69, 9.17) is 24.8 Å². The topological polar surface area (TPSA) is 172 Å². The molecule has 0 aliphatic carbocycles. The van der Waals surface area contributed by atoms with Gasteiger partial charge in [-0.1, -0.05) is 187 Å². The Balaban J connectivity index is 4.29. The second kappa shape index (κ2) is 41.0. The number of aliphatic carboxylic acids is 1. The largest absolute Gasteiger partial charge is 0.480 e. The minimum absolute atomic E-state index is 0.155. The van der Waals surface area contributed by atoms with Crippen LogP contribution in [0.4, 0.5) is 0 Å². The van der Waals surface area contributed by atoms with Gasteiger partial charge < -0.3 is 25.2 Å². The van der Waals surface area contributed by atoms with Crippen LogP contribution in [0.5, 0.6) is 0 Å². The molecular formula is C45H86NO10P. The Morgan fingerprint density at radius 1 is 0.526 bits per heavy atom. The maximum absolute atomic E-state index is 12.6. The third-order valence-corrected chi connectivity index (χ3v) is 11.2. The van der Waals surface area contributed by atoms with Crippen LogP contribution in [0.3, 0.4) is 0 Å². The summed E-state index contributed by atoms with van der Waals surface area (Å²) in [5, 5.41) is 8.89. The van der Waals surface area contributed by atoms with E-state index in [2.05, 4.69) is 30.5 Å². The van der Waals surface area contributed by atoms with Crippen molar-refractivity contribution in [2.24, 2.45) is 5.73 Å². The van der Waals surface area contributed by atoms with Gasteiger partial charge in [0.15, 0.2) is 6.10 Å². The van der Waals surface area contributed by atoms with Gasteiger partial charge in [0.1, 0.15) is 12.6 Å². The summed E-state index contributed by atoms with van der Waals surface area (Å²) in [4.78, 5) is 46.0. The molecule has 0 aromatic heterocycles. The summed E-state index contributed by atoms with van der Waals surface area (Å²) in [6, 6.07) is -1.52. The van der Waals surface area contributed by atoms with Crippen LogP contribution in [-0.2, 0) is 37.5 Å². The minimum Gasteiger partial charge on any atom is -0.480 e. The van der Waals surface area contributed by atoms with Crippen molar-refractivity contribution in [1.29, 1.82) is 0 Å². The molecule has 0 saturated heterocycles. The van der Waals surface area contributed by atoms with E-state index in [1.807, 2.05) is 0 Å². The number of carboxylic acid groups (broad SMARTS) is 1. The highest BCUT2D eigenvalue weighted by molar-refractivity contribution is 7.47. The smallest absolute Gasteiger partial charge is 0.472 e. The van der Waals surface area contributed by atoms with Gasteiger partial charge in [0.25, 0.3) is 0 Å². The van der Waals surface area contributed by atoms with Crippen molar-refractivity contribution in [2.45, 2.75) is 238 Å². The van der Waals surface area contributed by atoms with E-state index < -0.39 is 51.1 Å². The maximum atomic E-state index is 12.6. The summed E-state index contributed by atoms with van der Waals surface area (Å²) < 4.78 is 32.7. The lowest BCUT2D eigenvalue weighted by Gasteiger charge is -2.20. The second-order valence-corrected chi connectivity index (χ2v) is 17.3. The molecule has 0 bridgehead atoms. The number of nitrogens with two attached hydrogens (primary N) is 1. The number of ether oxygens (including phenoxy) is 2. The summed E-state index contributed by atoms with van der Waals surface area (Å²) in [5.74, 6) is -2.37. The van der Waals surface area contributed by atoms with Crippen LogP contribution in [0.1, 0.15) is 226 Å². The maximum Gasteiger partial charge on any atom is 0.472 e. The molecule has 57 heavy (non-hydrogen) atoms. The van der Waals surface area contributed by atoms with E-state index in [9.17, 15) is 23.8 Å². The number of phosphoric acid groups is 1. The fraction of sp³-hybridized carbons (Fsp3) is 0.889. The summed E-state index contributed by atoms with van der Waals surface area (Å²) in [7, 11) is -4.71. The lowest BCUT2D eigenvalue weighted by atomic mass is 10.0. The molecule has 336 valence electrons. The number of unbranched alkanes of at least 4 members (excludes halogenated alkanes) is 28. The van der Waals surface area contributed by atoms with Gasteiger partial charge in [-0.2, -0.15) is 0 Å². The van der Waals surface area contributed by atoms with E-state index in [0.717, 1.165) is 57.8 Å². The molecule has 4 N–H and O–H groups in total. The summed E-state index contributed by atoms with van der Waals surface area (Å²) in [6.45, 7) is 2.82. The van der Waals surface area contributed by atoms with Crippen LogP contribution >= 0.6 is 7.82 Å². The molecule has 12 heteroatoms. The van der Waals surface area contributed by atoms with Crippen LogP contribution in [0, 0.1) is 0 Å². The third kappa shape index (κ3) is 40.8. The highest BCUT2D eigenvalue weighted by Gasteiger charge is 2.28. The molecule has 11 nitrogen and oxygen atoms in total. The van der Waals surface area contributed by atoms with Gasteiger partial charge >= 0.3 is 25.7 Å². The SMILES string of the molecule is CCCCCCCC/C=C\CCCCCCCC(=O)O[C@H](COC(=O)CCCCCCCCCCCCCCCCCCCC)COP(=O)(O)OC[C@H](N)C(=O)O. The highest BCUT2D eigenvalue weighted by atomic mass is 31.2. The van der Waals surface area contributed by atoms with Crippen LogP contribution < -0.4 is 5.73 Å². The Morgan fingerprint density at radius 2 is 0.877 bits per heavy atom. The molecule has 0 fully saturated rings. The second-order valence-electron chi connectivity index (χ2n) is 15.9. The molecule has 0 rings (SSSR count). The first-order valence-corrected chi connectivity index (χ1v) is 24.7. The molecule has 0 aromatic rings. The number of esters is 2. The van der Waals surface area contributed by atoms with Gasteiger partial charge in [0, 0.05) is 12.8 Å². The van der Waals surface area contributed by atoms with Crippen molar-refractivity contribution in [1.82, 2.24) is 0 Å². The number of phosphoric ester groups is 1. The van der Waals surface area contributed by atoms with Gasteiger partial charge in [-0.25, -0.2) is 4.57 Å². The monoisotopic (exact) mass is 832 g/mol. The molecular weight excluding hydrogens is 745 g/mol. The zero-order chi connectivity index (χ0) is 42.1. The third-order valence-electron chi connectivity index (χ3n) is 10.3. The first kappa shape index (κ1) is 55.2. The molecule has 3 atom stereocenters. The lowest BCUT2D eigenvalue weighted by molar-refractivity contribution is -0.161. The Labute approximate surface area is 348 Å². The van der Waals surface area contributed by atoms with Crippen LogP contribution in [0.2, 0.25) is 0 Å². The first-order valence-electron chi connectivity index (χ1n) is 23.2. The average Bonchev–Trinajstić information content (AvgIpc) is 3.19. The van der Waals surface area contributed by atoms with Gasteiger partial charge in [-0.3, -0.25) is 23.4 Å². The molecule has 0 saturated carbocycles. The summed E-state index contributed by atoms with van der Waals surface area (Å²) in [6.07, 6.45) is 41.3. The number of hydrogen-bond acceptors (Lipinski definition) is 9. The van der Waals surface area contributed by atoms with Crippen molar-refractivity contribution in [3.63, 3.8) is 0 Å². The molecule has 0 aromatic carbocycles. The predicted molar refractivity (Wildman–Crippen MR) is 231 cm³/mol. The molecule has 0 aliphatic heterocycles. The number of allylic oxidation sites excluding steroid dienone is 2. The Kier molecular flexibility index (Phi) is 39.7. The zero-order valence-corrected chi connectivity index (χ0v) is 37.3. The van der Waals surface area contributed by atoms with E-state index in [0.29, 0.717) is 12.8 Å². The number of rotatable bonds is 44. The fourth-order valence-electron chi connectivity index (χ4n) is 6.59. The lowest BCUT2D eigenvalue weighted by Crippen LogP contribution is -2.34. The van der Waals surface area contributed by atoms with E-state index >= 15 is 0 Å². The first-order chi connectivity index (χ1) is 27.6. The van der Waals surface area contributed by atoms with Crippen LogP contribution in [0.25, 0.3) is 0 Å². The summed E-state index contributed by atoms with van der Waals surface area (Å²) >= 11 is 0. The van der Waals surface area contributed by atoms with Crippen molar-refractivity contribution in [2.75, 3.05) is 19.8 Å². The standard InChI is InChI=1S/C45H86NO10P/c1-3-5-7-9-11-13-15-17-19-20-21-23-24-26-28-30-32-34-36-43(47)53-38-41(39-54-57(51,52)55-40-42(46)45(49)50)56-44(48)37-35-33-31-29-27-25-22-18-16-14-12-10-8-6-4-2/h18,22,41-42H,3-17,19-21,23-40,46H2,1-2H3,(H,49,50)(H,51,52)/b22-18-/t41-,42+/m1/s1. The quantitative estimate of drug-likeness (QED) is 0.0231. The molecule has 1 unspecified atom stereocenters. The predicted octanol–water partition coefficient (Wildman–Crippen LogP) is 12.5. The van der Waals surface area contributed by atoms with Gasteiger partial charge in [0.2, 0.25) is 0 Å². The summed E-state index contributed by atoms with van der Waals surface area (Å²) in [5.41, 5.74) is 5.34. The number of carbonyl (C=O) groups excluding carboxylic acids is 2. The van der Waals surface area contributed by atoms with Gasteiger partial charge in [0.05, 0.1) is 13.2 Å². The van der Waals surface area contributed by atoms with E-state index in [1.165, 1.54) is 128 Å². The van der Waals surface area contributed by atoms with Crippen molar-refractivity contribution in [3.8, 4) is 0 Å². The number of carboxylic acids is 1. The van der Waals surface area contributed by atoms with Crippen LogP contribution in [-0.4, -0.2) is 59.9 Å². The van der Waals surface area contributed by atoms with Gasteiger partial charge in [-0.15, -0.1) is 0 Å². The van der Waals surface area contributed by atoms with Crippen molar-refractivity contribution >= 4 is 25.7 Å². The molecule has 0 spiro atoms. The molecule has 0 aliphatic rings. The Morgan fingerprint density at radius 3 is 1.28 bits per heavy atom. The van der Waals surface area contributed by atoms with Gasteiger partial charge in [-0.05, 0) is 38.5 Å². The highest BCUT2D eigenvalue weighted by Crippen LogP contribution is 2.43. The Bertz CT molecular complexity index is 1030.